The van der Waals surface area contributed by atoms with Crippen LogP contribution in [-0.2, 0) is 9.59 Å². The summed E-state index contributed by atoms with van der Waals surface area (Å²) in [5.41, 5.74) is 1.66. The van der Waals surface area contributed by atoms with Crippen molar-refractivity contribution in [3.8, 4) is 5.75 Å². The van der Waals surface area contributed by atoms with Crippen LogP contribution in [0.3, 0.4) is 0 Å². The average molecular weight is 371 g/mol. The molecule has 5 nitrogen and oxygen atoms in total. The molecular formula is C23H17NO4. The fraction of sp³-hybridized carbons (Fsp3) is 0.0435. The van der Waals surface area contributed by atoms with E-state index in [1.165, 1.54) is 17.0 Å². The zero-order valence-electron chi connectivity index (χ0n) is 14.8. The summed E-state index contributed by atoms with van der Waals surface area (Å²) in [4.78, 5) is 27.1. The van der Waals surface area contributed by atoms with Gasteiger partial charge in [0.1, 0.15) is 11.5 Å². The fourth-order valence-electron chi connectivity index (χ4n) is 3.41. The van der Waals surface area contributed by atoms with E-state index in [4.69, 9.17) is 0 Å². The molecule has 1 saturated heterocycles. The summed E-state index contributed by atoms with van der Waals surface area (Å²) >= 11 is 0. The van der Waals surface area contributed by atoms with Crippen LogP contribution in [-0.4, -0.2) is 21.9 Å². The second-order valence-corrected chi connectivity index (χ2v) is 6.46. The van der Waals surface area contributed by atoms with Gasteiger partial charge in [-0.1, -0.05) is 60.7 Å². The Morgan fingerprint density at radius 2 is 1.36 bits per heavy atom. The van der Waals surface area contributed by atoms with Gasteiger partial charge in [-0.3, -0.25) is 14.5 Å². The van der Waals surface area contributed by atoms with Gasteiger partial charge in [-0.25, -0.2) is 0 Å². The highest BCUT2D eigenvalue weighted by Gasteiger charge is 2.46. The second-order valence-electron chi connectivity index (χ2n) is 6.46. The molecule has 1 fully saturated rings. The average Bonchev–Trinajstić information content (AvgIpc) is 3.00. The molecule has 5 heteroatoms. The number of phenols is 1. The molecule has 0 spiro atoms. The van der Waals surface area contributed by atoms with Gasteiger partial charge in [-0.05, 0) is 29.8 Å². The summed E-state index contributed by atoms with van der Waals surface area (Å²) < 4.78 is 0. The van der Waals surface area contributed by atoms with Crippen molar-refractivity contribution in [1.82, 2.24) is 0 Å². The number of Topliss-reactive ketones (excluding diaryl/α,β-unsaturated/α-hetero) is 1. The molecular weight excluding hydrogens is 354 g/mol. The molecule has 0 aromatic heterocycles. The number of benzene rings is 3. The smallest absolute Gasteiger partial charge is 0.300 e. The molecule has 4 rings (SSSR count). The predicted octanol–water partition coefficient (Wildman–Crippen LogP) is 4.02. The lowest BCUT2D eigenvalue weighted by Crippen LogP contribution is -2.29. The summed E-state index contributed by atoms with van der Waals surface area (Å²) in [6, 6.07) is 23.0. The van der Waals surface area contributed by atoms with Gasteiger partial charge in [-0.15, -0.1) is 0 Å². The summed E-state index contributed by atoms with van der Waals surface area (Å²) in [7, 11) is 0. The summed E-state index contributed by atoms with van der Waals surface area (Å²) in [5.74, 6) is -1.63. The van der Waals surface area contributed by atoms with Crippen molar-refractivity contribution in [2.45, 2.75) is 6.04 Å². The normalized spacial score (nSPS) is 18.4. The number of hydrogen-bond acceptors (Lipinski definition) is 4. The van der Waals surface area contributed by atoms with E-state index >= 15 is 0 Å². The van der Waals surface area contributed by atoms with E-state index in [9.17, 15) is 19.8 Å². The van der Waals surface area contributed by atoms with E-state index in [-0.39, 0.29) is 17.1 Å². The van der Waals surface area contributed by atoms with Crippen LogP contribution >= 0.6 is 0 Å². The first-order chi connectivity index (χ1) is 13.6. The van der Waals surface area contributed by atoms with Crippen LogP contribution in [0, 0.1) is 0 Å². The highest BCUT2D eigenvalue weighted by molar-refractivity contribution is 6.51. The standard InChI is InChI=1S/C23H17NO4/c25-18-13-11-17(12-14-18)24-20(15-7-3-1-4-8-15)19(22(27)23(24)28)21(26)16-9-5-2-6-10-16/h1-14,20,25-26H/t20-/m1/s1. The third kappa shape index (κ3) is 2.93. The molecule has 28 heavy (non-hydrogen) atoms. The SMILES string of the molecule is O=C1C(=O)N(c2ccc(O)cc2)[C@H](c2ccccc2)C1=C(O)c1ccccc1. The maximum atomic E-state index is 12.9. The second kappa shape index (κ2) is 7.04. The minimum absolute atomic E-state index is 0.0375. The molecule has 1 aliphatic rings. The van der Waals surface area contributed by atoms with Crippen molar-refractivity contribution in [2.75, 3.05) is 4.90 Å². The molecule has 138 valence electrons. The molecule has 0 bridgehead atoms. The Labute approximate surface area is 161 Å². The molecule has 0 aliphatic carbocycles. The van der Waals surface area contributed by atoms with Gasteiger partial charge in [0.15, 0.2) is 0 Å². The molecule has 0 unspecified atom stereocenters. The molecule has 1 aliphatic heterocycles. The summed E-state index contributed by atoms with van der Waals surface area (Å²) in [6.45, 7) is 0. The number of phenolic OH excluding ortho intramolecular Hbond substituents is 1. The van der Waals surface area contributed by atoms with E-state index in [0.717, 1.165) is 0 Å². The van der Waals surface area contributed by atoms with Gasteiger partial charge in [0.05, 0.1) is 11.6 Å². The molecule has 3 aromatic rings. The fourth-order valence-corrected chi connectivity index (χ4v) is 3.41. The number of anilines is 1. The third-order valence-corrected chi connectivity index (χ3v) is 4.73. The lowest BCUT2D eigenvalue weighted by molar-refractivity contribution is -0.132. The summed E-state index contributed by atoms with van der Waals surface area (Å²) in [6.07, 6.45) is 0. The minimum Gasteiger partial charge on any atom is -0.508 e. The van der Waals surface area contributed by atoms with Crippen LogP contribution in [0.25, 0.3) is 5.76 Å². The first-order valence-corrected chi connectivity index (χ1v) is 8.78. The lowest BCUT2D eigenvalue weighted by Gasteiger charge is -2.25. The van der Waals surface area contributed by atoms with E-state index < -0.39 is 17.7 Å². The van der Waals surface area contributed by atoms with E-state index in [2.05, 4.69) is 0 Å². The van der Waals surface area contributed by atoms with Crippen molar-refractivity contribution < 1.29 is 19.8 Å². The maximum Gasteiger partial charge on any atom is 0.300 e. The van der Waals surface area contributed by atoms with Gasteiger partial charge < -0.3 is 10.2 Å². The number of carbonyl (C=O) groups excluding carboxylic acids is 2. The first-order valence-electron chi connectivity index (χ1n) is 8.78. The topological polar surface area (TPSA) is 77.8 Å². The Bertz CT molecular complexity index is 1060. The number of rotatable bonds is 3. The zero-order valence-corrected chi connectivity index (χ0v) is 14.8. The van der Waals surface area contributed by atoms with Crippen LogP contribution < -0.4 is 4.90 Å². The van der Waals surface area contributed by atoms with Gasteiger partial charge in [0.25, 0.3) is 11.7 Å². The Morgan fingerprint density at radius 1 is 0.786 bits per heavy atom. The van der Waals surface area contributed by atoms with Crippen LogP contribution in [0.15, 0.2) is 90.5 Å². The van der Waals surface area contributed by atoms with Crippen molar-refractivity contribution in [3.63, 3.8) is 0 Å². The van der Waals surface area contributed by atoms with E-state index in [0.29, 0.717) is 16.8 Å². The Kier molecular flexibility index (Phi) is 4.41. The van der Waals surface area contributed by atoms with Crippen LogP contribution in [0.1, 0.15) is 17.2 Å². The predicted molar refractivity (Wildman–Crippen MR) is 106 cm³/mol. The number of ketones is 1. The number of carbonyl (C=O) groups is 2. The van der Waals surface area contributed by atoms with Crippen molar-refractivity contribution in [2.24, 2.45) is 0 Å². The number of aliphatic hydroxyl groups is 1. The number of aliphatic hydroxyl groups excluding tert-OH is 1. The molecule has 1 amide bonds. The first kappa shape index (κ1) is 17.5. The van der Waals surface area contributed by atoms with Crippen molar-refractivity contribution in [3.05, 3.63) is 102 Å². The van der Waals surface area contributed by atoms with Crippen molar-refractivity contribution in [1.29, 1.82) is 0 Å². The van der Waals surface area contributed by atoms with Crippen molar-refractivity contribution >= 4 is 23.1 Å². The number of amides is 1. The number of hydrogen-bond donors (Lipinski definition) is 2. The van der Waals surface area contributed by atoms with Gasteiger partial charge >= 0.3 is 0 Å². The van der Waals surface area contributed by atoms with Gasteiger partial charge in [0, 0.05) is 11.3 Å². The lowest BCUT2D eigenvalue weighted by atomic mass is 9.95. The van der Waals surface area contributed by atoms with Crippen LogP contribution in [0.4, 0.5) is 5.69 Å². The van der Waals surface area contributed by atoms with Crippen LogP contribution in [0.5, 0.6) is 5.75 Å². The molecule has 0 radical (unpaired) electrons. The molecule has 1 heterocycles. The molecule has 1 atom stereocenters. The van der Waals surface area contributed by atoms with E-state index in [1.807, 2.05) is 30.3 Å². The number of nitrogens with zero attached hydrogens (tertiary/aromatic N) is 1. The van der Waals surface area contributed by atoms with Gasteiger partial charge in [0.2, 0.25) is 0 Å². The highest BCUT2D eigenvalue weighted by Crippen LogP contribution is 2.42. The largest absolute Gasteiger partial charge is 0.508 e. The number of aromatic hydroxyl groups is 1. The molecule has 2 N–H and O–H groups in total. The summed E-state index contributed by atoms with van der Waals surface area (Å²) in [5, 5.41) is 20.5. The third-order valence-electron chi connectivity index (χ3n) is 4.73. The highest BCUT2D eigenvalue weighted by atomic mass is 16.3. The minimum atomic E-state index is -0.772. The molecule has 0 saturated carbocycles. The Morgan fingerprint density at radius 3 is 1.96 bits per heavy atom. The zero-order chi connectivity index (χ0) is 19.7. The Hall–Kier alpha value is -3.86. The molecule has 3 aromatic carbocycles. The maximum absolute atomic E-state index is 12.9. The Balaban J connectivity index is 1.94. The van der Waals surface area contributed by atoms with Crippen LogP contribution in [0.2, 0.25) is 0 Å². The van der Waals surface area contributed by atoms with E-state index in [1.54, 1.807) is 42.5 Å². The monoisotopic (exact) mass is 371 g/mol. The quantitative estimate of drug-likeness (QED) is 0.414. The van der Waals surface area contributed by atoms with Gasteiger partial charge in [-0.2, -0.15) is 0 Å².